The van der Waals surface area contributed by atoms with Gasteiger partial charge in [-0.2, -0.15) is 0 Å². The molecule has 0 amide bonds. The lowest BCUT2D eigenvalue weighted by atomic mass is 10.0. The summed E-state index contributed by atoms with van der Waals surface area (Å²) in [5.74, 6) is -0.337. The van der Waals surface area contributed by atoms with Crippen molar-refractivity contribution < 1.29 is 14.3 Å². The Bertz CT molecular complexity index is 701. The Morgan fingerprint density at radius 2 is 2.00 bits per heavy atom. The van der Waals surface area contributed by atoms with Gasteiger partial charge in [0.05, 0.1) is 6.61 Å². The number of H-pyrrole nitrogens is 1. The highest BCUT2D eigenvalue weighted by Crippen LogP contribution is 2.25. The van der Waals surface area contributed by atoms with E-state index in [0.717, 1.165) is 23.0 Å². The molecular weight excluding hydrogens is 280 g/mol. The Morgan fingerprint density at radius 3 is 2.59 bits per heavy atom. The summed E-state index contributed by atoms with van der Waals surface area (Å²) in [5.41, 5.74) is 2.89. The van der Waals surface area contributed by atoms with Crippen LogP contribution in [0.2, 0.25) is 0 Å². The molecule has 0 bridgehead atoms. The van der Waals surface area contributed by atoms with E-state index in [1.165, 1.54) is 0 Å². The van der Waals surface area contributed by atoms with Gasteiger partial charge in [0.1, 0.15) is 5.69 Å². The molecule has 0 aliphatic carbocycles. The van der Waals surface area contributed by atoms with Gasteiger partial charge in [-0.15, -0.1) is 0 Å². The monoisotopic (exact) mass is 302 g/mol. The largest absolute Gasteiger partial charge is 0.461 e. The number of nitrogens with one attached hydrogen (secondary N) is 1. The van der Waals surface area contributed by atoms with E-state index < -0.39 is 0 Å². The van der Waals surface area contributed by atoms with Crippen LogP contribution in [0.5, 0.6) is 0 Å². The van der Waals surface area contributed by atoms with Crippen molar-refractivity contribution in [1.29, 1.82) is 0 Å². The number of ketones is 1. The molecular formula is C17H22N2O3. The lowest BCUT2D eigenvalue weighted by Crippen LogP contribution is -2.17. The number of aromatic amines is 1. The van der Waals surface area contributed by atoms with E-state index in [1.54, 1.807) is 19.9 Å². The van der Waals surface area contributed by atoms with Crippen LogP contribution in [0.4, 0.5) is 0 Å². The highest BCUT2D eigenvalue weighted by Gasteiger charge is 2.19. The summed E-state index contributed by atoms with van der Waals surface area (Å²) in [4.78, 5) is 29.0. The molecule has 0 saturated carbocycles. The summed E-state index contributed by atoms with van der Waals surface area (Å²) in [5, 5.41) is 0.914. The summed E-state index contributed by atoms with van der Waals surface area (Å²) in [6.45, 7) is 4.47. The fourth-order valence-corrected chi connectivity index (χ4v) is 2.44. The van der Waals surface area contributed by atoms with E-state index in [4.69, 9.17) is 4.74 Å². The number of carbonyl (C=O) groups excluding carboxylic acids is 2. The van der Waals surface area contributed by atoms with Gasteiger partial charge >= 0.3 is 5.97 Å². The van der Waals surface area contributed by atoms with Gasteiger partial charge in [-0.1, -0.05) is 0 Å². The summed E-state index contributed by atoms with van der Waals surface area (Å²) in [6, 6.07) is 5.46. The van der Waals surface area contributed by atoms with Crippen molar-refractivity contribution in [2.45, 2.75) is 20.3 Å². The molecule has 1 aromatic carbocycles. The Labute approximate surface area is 130 Å². The molecule has 0 spiro atoms. The highest BCUT2D eigenvalue weighted by molar-refractivity contribution is 6.02. The van der Waals surface area contributed by atoms with Gasteiger partial charge in [0, 0.05) is 23.0 Å². The number of esters is 1. The Balaban J connectivity index is 2.54. The first-order chi connectivity index (χ1) is 10.4. The zero-order valence-corrected chi connectivity index (χ0v) is 13.5. The molecule has 0 unspecified atom stereocenters. The number of ether oxygens (including phenoxy) is 1. The van der Waals surface area contributed by atoms with Gasteiger partial charge < -0.3 is 14.6 Å². The average molecular weight is 302 g/mol. The van der Waals surface area contributed by atoms with Crippen molar-refractivity contribution in [2.24, 2.45) is 0 Å². The molecule has 0 aliphatic rings. The Kier molecular flexibility index (Phi) is 4.98. The molecule has 0 fully saturated rings. The predicted octanol–water partition coefficient (Wildman–Crippen LogP) is 2.65. The zero-order chi connectivity index (χ0) is 16.3. The third kappa shape index (κ3) is 3.36. The van der Waals surface area contributed by atoms with Crippen LogP contribution in [0.15, 0.2) is 18.2 Å². The molecule has 1 heterocycles. The van der Waals surface area contributed by atoms with Gasteiger partial charge in [0.15, 0.2) is 5.78 Å². The van der Waals surface area contributed by atoms with E-state index in [1.807, 2.05) is 26.2 Å². The van der Waals surface area contributed by atoms with Crippen LogP contribution in [-0.2, 0) is 11.2 Å². The molecule has 118 valence electrons. The number of carbonyl (C=O) groups is 2. The first-order valence-electron chi connectivity index (χ1n) is 7.41. The molecule has 2 rings (SSSR count). The average Bonchev–Trinajstić information content (AvgIpc) is 2.83. The smallest absolute Gasteiger partial charge is 0.355 e. The van der Waals surface area contributed by atoms with Crippen molar-refractivity contribution in [3.05, 3.63) is 35.0 Å². The minimum Gasteiger partial charge on any atom is -0.461 e. The number of benzene rings is 1. The van der Waals surface area contributed by atoms with E-state index >= 15 is 0 Å². The number of Topliss-reactive ketones (excluding diaryl/α,β-unsaturated/α-hetero) is 1. The van der Waals surface area contributed by atoms with Crippen molar-refractivity contribution in [2.75, 3.05) is 27.2 Å². The molecule has 5 heteroatoms. The minimum absolute atomic E-state index is 0.0133. The lowest BCUT2D eigenvalue weighted by Gasteiger charge is -2.10. The van der Waals surface area contributed by atoms with Crippen LogP contribution in [0.1, 0.15) is 40.3 Å². The number of nitrogens with zero attached hydrogens (tertiary/aromatic N) is 1. The number of fused-ring (bicyclic) bond motifs is 1. The molecule has 0 atom stereocenters. The predicted molar refractivity (Wildman–Crippen MR) is 86.5 cm³/mol. The van der Waals surface area contributed by atoms with Crippen LogP contribution in [0, 0.1) is 0 Å². The summed E-state index contributed by atoms with van der Waals surface area (Å²) < 4.78 is 5.13. The number of likely N-dealkylation sites (N-methyl/N-ethyl adjacent to an activating group) is 1. The fraction of sp³-hybridized carbons (Fsp3) is 0.412. The maximum atomic E-state index is 12.2. The number of rotatable bonds is 6. The molecule has 1 N–H and O–H groups in total. The van der Waals surface area contributed by atoms with E-state index in [0.29, 0.717) is 24.3 Å². The third-order valence-electron chi connectivity index (χ3n) is 3.60. The maximum Gasteiger partial charge on any atom is 0.355 e. The van der Waals surface area contributed by atoms with Crippen molar-refractivity contribution in [1.82, 2.24) is 9.88 Å². The standard InChI is InChI=1S/C17H22N2O3/c1-5-22-17(21)16-13(8-9-19(3)4)14-10-12(11(2)20)6-7-15(14)18-16/h6-7,10,18H,5,8-9H2,1-4H3. The van der Waals surface area contributed by atoms with Gasteiger partial charge in [-0.05, 0) is 58.1 Å². The van der Waals surface area contributed by atoms with Crippen LogP contribution in [0.25, 0.3) is 10.9 Å². The molecule has 2 aromatic rings. The quantitative estimate of drug-likeness (QED) is 0.658. The van der Waals surface area contributed by atoms with Gasteiger partial charge in [-0.3, -0.25) is 4.79 Å². The number of aromatic nitrogens is 1. The lowest BCUT2D eigenvalue weighted by molar-refractivity contribution is 0.0519. The second-order valence-electron chi connectivity index (χ2n) is 5.57. The molecule has 1 aromatic heterocycles. The van der Waals surface area contributed by atoms with Crippen molar-refractivity contribution >= 4 is 22.7 Å². The second-order valence-corrected chi connectivity index (χ2v) is 5.57. The zero-order valence-electron chi connectivity index (χ0n) is 13.5. The van der Waals surface area contributed by atoms with Crippen LogP contribution in [0.3, 0.4) is 0 Å². The Hall–Kier alpha value is -2.14. The summed E-state index contributed by atoms with van der Waals surface area (Å²) >= 11 is 0. The van der Waals surface area contributed by atoms with Gasteiger partial charge in [0.2, 0.25) is 0 Å². The Morgan fingerprint density at radius 1 is 1.27 bits per heavy atom. The summed E-state index contributed by atoms with van der Waals surface area (Å²) in [7, 11) is 3.97. The minimum atomic E-state index is -0.350. The molecule has 5 nitrogen and oxygen atoms in total. The van der Waals surface area contributed by atoms with Crippen molar-refractivity contribution in [3.63, 3.8) is 0 Å². The molecule has 0 saturated heterocycles. The molecule has 22 heavy (non-hydrogen) atoms. The SMILES string of the molecule is CCOC(=O)c1[nH]c2ccc(C(C)=O)cc2c1CCN(C)C. The van der Waals surface area contributed by atoms with Crippen molar-refractivity contribution in [3.8, 4) is 0 Å². The van der Waals surface area contributed by atoms with Gasteiger partial charge in [-0.25, -0.2) is 4.79 Å². The molecule has 0 aliphatic heterocycles. The van der Waals surface area contributed by atoms with E-state index in [-0.39, 0.29) is 11.8 Å². The first-order valence-corrected chi connectivity index (χ1v) is 7.41. The van der Waals surface area contributed by atoms with Crippen LogP contribution < -0.4 is 0 Å². The normalized spacial score (nSPS) is 11.1. The van der Waals surface area contributed by atoms with E-state index in [2.05, 4.69) is 9.88 Å². The maximum absolute atomic E-state index is 12.2. The van der Waals surface area contributed by atoms with Gasteiger partial charge in [0.25, 0.3) is 0 Å². The summed E-state index contributed by atoms with van der Waals surface area (Å²) in [6.07, 6.45) is 0.711. The van der Waals surface area contributed by atoms with E-state index in [9.17, 15) is 9.59 Å². The number of hydrogen-bond acceptors (Lipinski definition) is 4. The van der Waals surface area contributed by atoms with Crippen LogP contribution in [-0.4, -0.2) is 48.9 Å². The molecule has 0 radical (unpaired) electrons. The van der Waals surface area contributed by atoms with Crippen LogP contribution >= 0.6 is 0 Å². The number of hydrogen-bond donors (Lipinski definition) is 1. The fourth-order valence-electron chi connectivity index (χ4n) is 2.44. The topological polar surface area (TPSA) is 62.4 Å². The highest BCUT2D eigenvalue weighted by atomic mass is 16.5. The second kappa shape index (κ2) is 6.75. The first kappa shape index (κ1) is 16.2. The third-order valence-corrected chi connectivity index (χ3v) is 3.60.